The van der Waals surface area contributed by atoms with E-state index in [1.807, 2.05) is 11.9 Å². The number of hydrogen-bond acceptors (Lipinski definition) is 3. The molecule has 0 aromatic heterocycles. The molecule has 0 aromatic rings. The molecule has 0 aromatic carbocycles. The lowest BCUT2D eigenvalue weighted by Gasteiger charge is -2.33. The van der Waals surface area contributed by atoms with Crippen LogP contribution < -0.4 is 5.73 Å². The third-order valence-corrected chi connectivity index (χ3v) is 5.21. The van der Waals surface area contributed by atoms with Gasteiger partial charge in [0.15, 0.2) is 0 Å². The van der Waals surface area contributed by atoms with Gasteiger partial charge in [0.05, 0.1) is 5.75 Å². The minimum atomic E-state index is 0.281. The molecule has 1 unspecified atom stereocenters. The van der Waals surface area contributed by atoms with Crippen LogP contribution >= 0.6 is 11.8 Å². The molecule has 4 heteroatoms. The summed E-state index contributed by atoms with van der Waals surface area (Å²) in [5.41, 5.74) is 5.52. The summed E-state index contributed by atoms with van der Waals surface area (Å²) in [7, 11) is 1.97. The Morgan fingerprint density at radius 1 is 1.39 bits per heavy atom. The number of nitrogens with two attached hydrogens (primary N) is 1. The number of carbonyl (C=O) groups excluding carboxylic acids is 1. The molecule has 1 fully saturated rings. The summed E-state index contributed by atoms with van der Waals surface area (Å²) < 4.78 is 0. The van der Waals surface area contributed by atoms with Gasteiger partial charge in [-0.25, -0.2) is 0 Å². The van der Waals surface area contributed by atoms with Crippen LogP contribution in [0.1, 0.15) is 46.0 Å². The Kier molecular flexibility index (Phi) is 7.08. The number of thioether (sulfide) groups is 1. The molecule has 2 N–H and O–H groups in total. The summed E-state index contributed by atoms with van der Waals surface area (Å²) in [6.45, 7) is 5.16. The van der Waals surface area contributed by atoms with Crippen LogP contribution in [0.25, 0.3) is 0 Å². The Bertz CT molecular complexity index is 252. The van der Waals surface area contributed by atoms with E-state index in [1.54, 1.807) is 11.8 Å². The second-order valence-electron chi connectivity index (χ2n) is 5.62. The molecule has 0 heterocycles. The van der Waals surface area contributed by atoms with Crippen molar-refractivity contribution in [2.45, 2.75) is 57.2 Å². The maximum absolute atomic E-state index is 12.1. The maximum Gasteiger partial charge on any atom is 0.232 e. The first kappa shape index (κ1) is 15.8. The van der Waals surface area contributed by atoms with Crippen molar-refractivity contribution >= 4 is 17.7 Å². The first-order valence-electron chi connectivity index (χ1n) is 7.12. The highest BCUT2D eigenvalue weighted by molar-refractivity contribution is 8.00. The molecule has 1 aliphatic rings. The van der Waals surface area contributed by atoms with Crippen molar-refractivity contribution in [1.29, 1.82) is 0 Å². The summed E-state index contributed by atoms with van der Waals surface area (Å²) in [6.07, 6.45) is 5.86. The minimum absolute atomic E-state index is 0.281. The quantitative estimate of drug-likeness (QED) is 0.808. The highest BCUT2D eigenvalue weighted by Gasteiger charge is 2.24. The molecule has 0 bridgehead atoms. The van der Waals surface area contributed by atoms with Gasteiger partial charge in [-0.1, -0.05) is 13.8 Å². The Labute approximate surface area is 116 Å². The lowest BCUT2D eigenvalue weighted by molar-refractivity contribution is -0.129. The van der Waals surface area contributed by atoms with Crippen molar-refractivity contribution in [3.63, 3.8) is 0 Å². The van der Waals surface area contributed by atoms with Gasteiger partial charge < -0.3 is 10.6 Å². The van der Waals surface area contributed by atoms with Crippen LogP contribution in [0.2, 0.25) is 0 Å². The molecule has 1 rings (SSSR count). The Balaban J connectivity index is 2.28. The van der Waals surface area contributed by atoms with Gasteiger partial charge in [-0.15, -0.1) is 11.8 Å². The first-order valence-corrected chi connectivity index (χ1v) is 8.16. The predicted octanol–water partition coefficient (Wildman–Crippen LogP) is 2.49. The summed E-state index contributed by atoms with van der Waals surface area (Å²) in [5, 5.41) is 0.485. The second kappa shape index (κ2) is 8.05. The fraction of sp³-hybridized carbons (Fsp3) is 0.929. The lowest BCUT2D eigenvalue weighted by atomic mass is 9.87. The molecule has 0 spiro atoms. The van der Waals surface area contributed by atoms with Gasteiger partial charge in [0.1, 0.15) is 0 Å². The van der Waals surface area contributed by atoms with Crippen LogP contribution in [-0.2, 0) is 4.79 Å². The highest BCUT2D eigenvalue weighted by atomic mass is 32.2. The Hall–Kier alpha value is -0.220. The maximum atomic E-state index is 12.1. The standard InChI is InChI=1S/C14H28N2OS/c1-11-4-6-13(7-5-11)16(3)14(17)10-18-12(2)8-9-15/h11-13H,4-10,15H2,1-3H3. The van der Waals surface area contributed by atoms with E-state index in [4.69, 9.17) is 5.73 Å². The monoisotopic (exact) mass is 272 g/mol. The minimum Gasteiger partial charge on any atom is -0.342 e. The van der Waals surface area contributed by atoms with Gasteiger partial charge in [0.2, 0.25) is 5.91 Å². The van der Waals surface area contributed by atoms with Crippen LogP contribution in [0.5, 0.6) is 0 Å². The molecular formula is C14H28N2OS. The van der Waals surface area contributed by atoms with E-state index in [0.717, 1.165) is 12.3 Å². The van der Waals surface area contributed by atoms with Gasteiger partial charge in [-0.05, 0) is 44.6 Å². The molecule has 0 radical (unpaired) electrons. The van der Waals surface area contributed by atoms with E-state index in [9.17, 15) is 4.79 Å². The first-order chi connectivity index (χ1) is 8.54. The van der Waals surface area contributed by atoms with Gasteiger partial charge in [-0.2, -0.15) is 0 Å². The number of rotatable bonds is 6. The van der Waals surface area contributed by atoms with E-state index in [2.05, 4.69) is 13.8 Å². The van der Waals surface area contributed by atoms with Crippen molar-refractivity contribution < 1.29 is 4.79 Å². The molecule has 106 valence electrons. The molecule has 0 saturated heterocycles. The predicted molar refractivity (Wildman–Crippen MR) is 79.8 cm³/mol. The zero-order valence-corrected chi connectivity index (χ0v) is 12.8. The van der Waals surface area contributed by atoms with Gasteiger partial charge in [0.25, 0.3) is 0 Å². The smallest absolute Gasteiger partial charge is 0.232 e. The fourth-order valence-corrected chi connectivity index (χ4v) is 3.40. The summed E-state index contributed by atoms with van der Waals surface area (Å²) in [4.78, 5) is 14.1. The average molecular weight is 272 g/mol. The third kappa shape index (κ3) is 5.19. The summed E-state index contributed by atoms with van der Waals surface area (Å²) in [6, 6.07) is 0.471. The van der Waals surface area contributed by atoms with Crippen LogP contribution in [0.15, 0.2) is 0 Å². The van der Waals surface area contributed by atoms with Crippen molar-refractivity contribution in [3.8, 4) is 0 Å². The van der Waals surface area contributed by atoms with Crippen LogP contribution in [0.3, 0.4) is 0 Å². The number of carbonyl (C=O) groups is 1. The molecule has 18 heavy (non-hydrogen) atoms. The van der Waals surface area contributed by atoms with Crippen LogP contribution in [0.4, 0.5) is 0 Å². The Morgan fingerprint density at radius 3 is 2.56 bits per heavy atom. The largest absolute Gasteiger partial charge is 0.342 e. The fourth-order valence-electron chi connectivity index (χ4n) is 2.47. The molecule has 0 aliphatic heterocycles. The van der Waals surface area contributed by atoms with E-state index in [-0.39, 0.29) is 5.91 Å². The topological polar surface area (TPSA) is 46.3 Å². The zero-order chi connectivity index (χ0) is 13.5. The lowest BCUT2D eigenvalue weighted by Crippen LogP contribution is -2.40. The van der Waals surface area contributed by atoms with Crippen molar-refractivity contribution in [2.75, 3.05) is 19.3 Å². The SMILES string of the molecule is CC1CCC(N(C)C(=O)CSC(C)CCN)CC1. The molecule has 1 amide bonds. The van der Waals surface area contributed by atoms with E-state index < -0.39 is 0 Å². The third-order valence-electron chi connectivity index (χ3n) is 3.99. The second-order valence-corrected chi connectivity index (χ2v) is 7.04. The van der Waals surface area contributed by atoms with Crippen molar-refractivity contribution in [3.05, 3.63) is 0 Å². The summed E-state index contributed by atoms with van der Waals surface area (Å²) >= 11 is 1.73. The van der Waals surface area contributed by atoms with Crippen LogP contribution in [0, 0.1) is 5.92 Å². The van der Waals surface area contributed by atoms with Gasteiger partial charge >= 0.3 is 0 Å². The zero-order valence-electron chi connectivity index (χ0n) is 12.0. The normalized spacial score (nSPS) is 25.8. The molecule has 1 aliphatic carbocycles. The number of nitrogens with zero attached hydrogens (tertiary/aromatic N) is 1. The number of amides is 1. The summed E-state index contributed by atoms with van der Waals surface area (Å²) in [5.74, 6) is 1.72. The molecular weight excluding hydrogens is 244 g/mol. The van der Waals surface area contributed by atoms with Crippen molar-refractivity contribution in [1.82, 2.24) is 4.90 Å². The molecule has 3 nitrogen and oxygen atoms in total. The van der Waals surface area contributed by atoms with E-state index in [1.165, 1.54) is 25.7 Å². The van der Waals surface area contributed by atoms with E-state index in [0.29, 0.717) is 23.6 Å². The van der Waals surface area contributed by atoms with Gasteiger partial charge in [0, 0.05) is 18.3 Å². The Morgan fingerprint density at radius 2 is 2.00 bits per heavy atom. The average Bonchev–Trinajstić information content (AvgIpc) is 2.36. The molecule has 1 saturated carbocycles. The van der Waals surface area contributed by atoms with Crippen molar-refractivity contribution in [2.24, 2.45) is 11.7 Å². The molecule has 1 atom stereocenters. The van der Waals surface area contributed by atoms with E-state index >= 15 is 0 Å². The van der Waals surface area contributed by atoms with Gasteiger partial charge in [-0.3, -0.25) is 4.79 Å². The van der Waals surface area contributed by atoms with Crippen LogP contribution in [-0.4, -0.2) is 41.4 Å². The highest BCUT2D eigenvalue weighted by Crippen LogP contribution is 2.27. The number of hydrogen-bond donors (Lipinski definition) is 1.